The van der Waals surface area contributed by atoms with Gasteiger partial charge in [0.05, 0.1) is 6.61 Å². The minimum Gasteiger partial charge on any atom is -0.475 e. The van der Waals surface area contributed by atoms with Gasteiger partial charge in [-0.2, -0.15) is 0 Å². The van der Waals surface area contributed by atoms with Crippen molar-refractivity contribution >= 4 is 11.9 Å². The van der Waals surface area contributed by atoms with Crippen molar-refractivity contribution in [1.82, 2.24) is 4.90 Å². The topological polar surface area (TPSA) is 80.0 Å². The third kappa shape index (κ3) is 2.83. The van der Waals surface area contributed by atoms with Gasteiger partial charge in [0.25, 0.3) is 5.91 Å². The third-order valence-corrected chi connectivity index (χ3v) is 2.01. The number of carboxylic acid groups (broad SMARTS) is 1. The van der Waals surface area contributed by atoms with E-state index in [0.717, 1.165) is 0 Å². The van der Waals surface area contributed by atoms with Crippen molar-refractivity contribution in [1.29, 1.82) is 0 Å². The molecule has 1 amide bonds. The van der Waals surface area contributed by atoms with Crippen molar-refractivity contribution < 1.29 is 23.8 Å². The molecule has 1 rings (SSSR count). The lowest BCUT2D eigenvalue weighted by Gasteiger charge is -2.14. The van der Waals surface area contributed by atoms with Gasteiger partial charge < -0.3 is 19.2 Å². The van der Waals surface area contributed by atoms with Gasteiger partial charge in [-0.1, -0.05) is 0 Å². The predicted octanol–water partition coefficient (Wildman–Crippen LogP) is 0.696. The SMILES string of the molecule is COCCN(C)C(=O)c1ccc(C(=O)O)o1. The highest BCUT2D eigenvalue weighted by Crippen LogP contribution is 2.09. The molecule has 1 aromatic heterocycles. The van der Waals surface area contributed by atoms with E-state index in [4.69, 9.17) is 14.3 Å². The van der Waals surface area contributed by atoms with Crippen LogP contribution in [0.25, 0.3) is 0 Å². The number of carbonyl (C=O) groups is 2. The fourth-order valence-corrected chi connectivity index (χ4v) is 1.09. The first-order valence-corrected chi connectivity index (χ1v) is 4.63. The quantitative estimate of drug-likeness (QED) is 0.800. The Kier molecular flexibility index (Phi) is 4.07. The van der Waals surface area contributed by atoms with E-state index < -0.39 is 5.97 Å². The highest BCUT2D eigenvalue weighted by atomic mass is 16.5. The number of rotatable bonds is 5. The van der Waals surface area contributed by atoms with Crippen LogP contribution in [0.5, 0.6) is 0 Å². The van der Waals surface area contributed by atoms with Crippen LogP contribution in [0.3, 0.4) is 0 Å². The maximum Gasteiger partial charge on any atom is 0.371 e. The molecule has 0 spiro atoms. The lowest BCUT2D eigenvalue weighted by molar-refractivity contribution is 0.0647. The predicted molar refractivity (Wildman–Crippen MR) is 54.5 cm³/mol. The summed E-state index contributed by atoms with van der Waals surface area (Å²) in [5, 5.41) is 8.62. The van der Waals surface area contributed by atoms with Crippen LogP contribution >= 0.6 is 0 Å². The summed E-state index contributed by atoms with van der Waals surface area (Å²) in [6, 6.07) is 2.59. The van der Waals surface area contributed by atoms with Crippen molar-refractivity contribution in [2.24, 2.45) is 0 Å². The maximum atomic E-state index is 11.7. The molecular weight excluding hydrogens is 214 g/mol. The third-order valence-electron chi connectivity index (χ3n) is 2.01. The number of likely N-dealkylation sites (N-methyl/N-ethyl adjacent to an activating group) is 1. The Bertz CT molecular complexity index is 384. The summed E-state index contributed by atoms with van der Waals surface area (Å²) in [7, 11) is 3.12. The number of ether oxygens (including phenoxy) is 1. The average Bonchev–Trinajstić information content (AvgIpc) is 2.74. The van der Waals surface area contributed by atoms with Gasteiger partial charge in [0, 0.05) is 20.7 Å². The maximum absolute atomic E-state index is 11.7. The number of amides is 1. The van der Waals surface area contributed by atoms with Crippen LogP contribution in [-0.4, -0.2) is 49.2 Å². The second-order valence-electron chi connectivity index (χ2n) is 3.19. The Labute approximate surface area is 92.4 Å². The number of furan rings is 1. The normalized spacial score (nSPS) is 10.1. The summed E-state index contributed by atoms with van der Waals surface area (Å²) in [6.45, 7) is 0.827. The van der Waals surface area contributed by atoms with E-state index in [-0.39, 0.29) is 17.4 Å². The van der Waals surface area contributed by atoms with Crippen molar-refractivity contribution in [2.75, 3.05) is 27.3 Å². The number of aromatic carboxylic acids is 1. The average molecular weight is 227 g/mol. The van der Waals surface area contributed by atoms with E-state index in [1.807, 2.05) is 0 Å². The Morgan fingerprint density at radius 2 is 2.06 bits per heavy atom. The van der Waals surface area contributed by atoms with Crippen LogP contribution in [0.1, 0.15) is 21.1 Å². The van der Waals surface area contributed by atoms with E-state index in [1.165, 1.54) is 24.1 Å². The van der Waals surface area contributed by atoms with Crippen molar-refractivity contribution in [2.45, 2.75) is 0 Å². The summed E-state index contributed by atoms with van der Waals surface area (Å²) >= 11 is 0. The highest BCUT2D eigenvalue weighted by molar-refractivity contribution is 5.93. The number of methoxy groups -OCH3 is 1. The van der Waals surface area contributed by atoms with Gasteiger partial charge in [-0.25, -0.2) is 4.79 Å². The lowest BCUT2D eigenvalue weighted by atomic mass is 10.4. The Morgan fingerprint density at radius 1 is 1.44 bits per heavy atom. The van der Waals surface area contributed by atoms with Crippen LogP contribution in [0, 0.1) is 0 Å². The molecule has 0 fully saturated rings. The molecule has 0 unspecified atom stereocenters. The van der Waals surface area contributed by atoms with E-state index in [2.05, 4.69) is 0 Å². The van der Waals surface area contributed by atoms with Crippen molar-refractivity contribution in [3.8, 4) is 0 Å². The fourth-order valence-electron chi connectivity index (χ4n) is 1.09. The van der Waals surface area contributed by atoms with E-state index in [0.29, 0.717) is 13.2 Å². The molecule has 0 atom stereocenters. The summed E-state index contributed by atoms with van der Waals surface area (Å²) in [4.78, 5) is 23.6. The van der Waals surface area contributed by atoms with Crippen LogP contribution in [0.15, 0.2) is 16.5 Å². The number of hydrogen-bond donors (Lipinski definition) is 1. The zero-order valence-electron chi connectivity index (χ0n) is 9.10. The van der Waals surface area contributed by atoms with Gasteiger partial charge >= 0.3 is 5.97 Å². The summed E-state index contributed by atoms with van der Waals surface area (Å²) in [5.74, 6) is -1.80. The Morgan fingerprint density at radius 3 is 2.56 bits per heavy atom. The molecule has 0 saturated heterocycles. The van der Waals surface area contributed by atoms with Crippen LogP contribution in [-0.2, 0) is 4.74 Å². The largest absolute Gasteiger partial charge is 0.475 e. The molecule has 16 heavy (non-hydrogen) atoms. The van der Waals surface area contributed by atoms with Gasteiger partial charge in [0.2, 0.25) is 5.76 Å². The smallest absolute Gasteiger partial charge is 0.371 e. The van der Waals surface area contributed by atoms with Crippen LogP contribution < -0.4 is 0 Å². The van der Waals surface area contributed by atoms with Gasteiger partial charge in [-0.05, 0) is 12.1 Å². The molecule has 0 aliphatic heterocycles. The van der Waals surface area contributed by atoms with Gasteiger partial charge in [-0.3, -0.25) is 4.79 Å². The molecule has 88 valence electrons. The number of carbonyl (C=O) groups excluding carboxylic acids is 1. The molecule has 0 aromatic carbocycles. The first-order valence-electron chi connectivity index (χ1n) is 4.63. The van der Waals surface area contributed by atoms with Crippen LogP contribution in [0.4, 0.5) is 0 Å². The highest BCUT2D eigenvalue weighted by Gasteiger charge is 2.17. The molecule has 1 N–H and O–H groups in total. The van der Waals surface area contributed by atoms with Gasteiger partial charge in [0.1, 0.15) is 0 Å². The van der Waals surface area contributed by atoms with E-state index in [9.17, 15) is 9.59 Å². The minimum atomic E-state index is -1.20. The lowest BCUT2D eigenvalue weighted by Crippen LogP contribution is -2.29. The molecule has 0 bridgehead atoms. The zero-order valence-corrected chi connectivity index (χ0v) is 9.10. The standard InChI is InChI=1S/C10H13NO5/c1-11(5-6-15-2)9(12)7-3-4-8(16-7)10(13)14/h3-4H,5-6H2,1-2H3,(H,13,14). The summed E-state index contributed by atoms with van der Waals surface area (Å²) < 4.78 is 9.70. The molecule has 1 heterocycles. The Hall–Kier alpha value is -1.82. The van der Waals surface area contributed by atoms with Crippen LogP contribution in [0.2, 0.25) is 0 Å². The molecular formula is C10H13NO5. The molecule has 0 saturated carbocycles. The van der Waals surface area contributed by atoms with Gasteiger partial charge in [-0.15, -0.1) is 0 Å². The van der Waals surface area contributed by atoms with Gasteiger partial charge in [0.15, 0.2) is 5.76 Å². The molecule has 1 aromatic rings. The summed E-state index contributed by atoms with van der Waals surface area (Å²) in [6.07, 6.45) is 0. The minimum absolute atomic E-state index is 0.0102. The van der Waals surface area contributed by atoms with Crippen molar-refractivity contribution in [3.05, 3.63) is 23.7 Å². The monoisotopic (exact) mass is 227 g/mol. The van der Waals surface area contributed by atoms with E-state index >= 15 is 0 Å². The number of nitrogens with zero attached hydrogens (tertiary/aromatic N) is 1. The van der Waals surface area contributed by atoms with Crippen molar-refractivity contribution in [3.63, 3.8) is 0 Å². The molecule has 0 aliphatic carbocycles. The molecule has 6 nitrogen and oxygen atoms in total. The molecule has 0 radical (unpaired) electrons. The second kappa shape index (κ2) is 5.32. The number of hydrogen-bond acceptors (Lipinski definition) is 4. The second-order valence-corrected chi connectivity index (χ2v) is 3.19. The summed E-state index contributed by atoms with van der Waals surface area (Å²) in [5.41, 5.74) is 0. The number of carboxylic acids is 1. The first kappa shape index (κ1) is 12.3. The molecule has 0 aliphatic rings. The fraction of sp³-hybridized carbons (Fsp3) is 0.400. The Balaban J connectivity index is 2.68. The zero-order chi connectivity index (χ0) is 12.1. The van der Waals surface area contributed by atoms with E-state index in [1.54, 1.807) is 7.05 Å². The molecule has 6 heteroatoms. The first-order chi connectivity index (χ1) is 7.56.